The molecule has 108 valence electrons. The van der Waals surface area contributed by atoms with Crippen molar-refractivity contribution in [1.29, 1.82) is 0 Å². The Labute approximate surface area is 119 Å². The summed E-state index contributed by atoms with van der Waals surface area (Å²) in [6.07, 6.45) is 4.96. The molecular weight excluding hydrogens is 254 g/mol. The second-order valence-corrected chi connectivity index (χ2v) is 5.78. The van der Waals surface area contributed by atoms with Crippen molar-refractivity contribution in [3.8, 4) is 0 Å². The maximum absolute atomic E-state index is 12.1. The highest BCUT2D eigenvalue weighted by Crippen LogP contribution is 2.37. The number of carboxylic acids is 1. The molecule has 0 bridgehead atoms. The van der Waals surface area contributed by atoms with Crippen LogP contribution in [0.15, 0.2) is 24.3 Å². The van der Waals surface area contributed by atoms with Gasteiger partial charge in [-0.1, -0.05) is 31.9 Å². The van der Waals surface area contributed by atoms with Crippen LogP contribution in [-0.2, 0) is 11.2 Å². The molecule has 2 rings (SSSR count). The van der Waals surface area contributed by atoms with E-state index in [1.165, 1.54) is 0 Å². The predicted molar refractivity (Wildman–Crippen MR) is 76.7 cm³/mol. The van der Waals surface area contributed by atoms with Crippen molar-refractivity contribution >= 4 is 11.9 Å². The van der Waals surface area contributed by atoms with Crippen LogP contribution >= 0.6 is 0 Å². The van der Waals surface area contributed by atoms with E-state index in [4.69, 9.17) is 5.11 Å². The molecule has 1 aromatic rings. The summed E-state index contributed by atoms with van der Waals surface area (Å²) in [4.78, 5) is 22.9. The molecule has 1 aliphatic carbocycles. The van der Waals surface area contributed by atoms with Crippen molar-refractivity contribution in [2.24, 2.45) is 5.41 Å². The van der Waals surface area contributed by atoms with Gasteiger partial charge in [-0.25, -0.2) is 4.79 Å². The maximum Gasteiger partial charge on any atom is 0.335 e. The monoisotopic (exact) mass is 275 g/mol. The van der Waals surface area contributed by atoms with Gasteiger partial charge in [-0.05, 0) is 37.0 Å². The van der Waals surface area contributed by atoms with Gasteiger partial charge in [0.15, 0.2) is 0 Å². The molecule has 0 heterocycles. The van der Waals surface area contributed by atoms with E-state index in [1.807, 2.05) is 6.92 Å². The lowest BCUT2D eigenvalue weighted by atomic mass is 9.88. The lowest BCUT2D eigenvalue weighted by Crippen LogP contribution is -2.38. The molecule has 20 heavy (non-hydrogen) atoms. The van der Waals surface area contributed by atoms with Crippen LogP contribution < -0.4 is 5.32 Å². The van der Waals surface area contributed by atoms with Gasteiger partial charge in [0, 0.05) is 12.0 Å². The van der Waals surface area contributed by atoms with Crippen LogP contribution in [0.5, 0.6) is 0 Å². The summed E-state index contributed by atoms with van der Waals surface area (Å²) >= 11 is 0. The molecule has 1 amide bonds. The highest BCUT2D eigenvalue weighted by atomic mass is 16.4. The molecule has 1 aliphatic rings. The van der Waals surface area contributed by atoms with Gasteiger partial charge < -0.3 is 10.4 Å². The molecule has 0 atom stereocenters. The number of hydrogen-bond donors (Lipinski definition) is 2. The lowest BCUT2D eigenvalue weighted by molar-refractivity contribution is -0.129. The van der Waals surface area contributed by atoms with E-state index in [2.05, 4.69) is 5.32 Å². The van der Waals surface area contributed by atoms with E-state index >= 15 is 0 Å². The number of benzene rings is 1. The maximum atomic E-state index is 12.1. The zero-order valence-corrected chi connectivity index (χ0v) is 11.8. The van der Waals surface area contributed by atoms with E-state index in [0.29, 0.717) is 6.54 Å². The minimum Gasteiger partial charge on any atom is -0.478 e. The topological polar surface area (TPSA) is 66.4 Å². The van der Waals surface area contributed by atoms with Crippen LogP contribution in [0.25, 0.3) is 0 Å². The van der Waals surface area contributed by atoms with Crippen LogP contribution in [-0.4, -0.2) is 23.5 Å². The number of carboxylic acid groups (broad SMARTS) is 1. The minimum atomic E-state index is -0.918. The second-order valence-electron chi connectivity index (χ2n) is 5.78. The zero-order valence-electron chi connectivity index (χ0n) is 11.8. The van der Waals surface area contributed by atoms with Crippen LogP contribution in [0.4, 0.5) is 0 Å². The van der Waals surface area contributed by atoms with Crippen molar-refractivity contribution < 1.29 is 14.7 Å². The first-order chi connectivity index (χ1) is 9.51. The van der Waals surface area contributed by atoms with Crippen LogP contribution in [0.1, 0.15) is 48.5 Å². The summed E-state index contributed by atoms with van der Waals surface area (Å²) < 4.78 is 0. The number of carbonyl (C=O) groups is 2. The Morgan fingerprint density at radius 1 is 1.20 bits per heavy atom. The second kappa shape index (κ2) is 6.07. The molecule has 0 saturated heterocycles. The van der Waals surface area contributed by atoms with E-state index < -0.39 is 5.97 Å². The van der Waals surface area contributed by atoms with Gasteiger partial charge in [0.25, 0.3) is 0 Å². The molecule has 1 fully saturated rings. The van der Waals surface area contributed by atoms with Crippen molar-refractivity contribution in [2.75, 3.05) is 6.54 Å². The summed E-state index contributed by atoms with van der Waals surface area (Å²) in [6, 6.07) is 6.79. The number of hydrogen-bond acceptors (Lipinski definition) is 2. The normalized spacial score (nSPS) is 16.9. The average molecular weight is 275 g/mol. The van der Waals surface area contributed by atoms with E-state index in [9.17, 15) is 9.59 Å². The smallest absolute Gasteiger partial charge is 0.335 e. The molecule has 0 unspecified atom stereocenters. The first kappa shape index (κ1) is 14.6. The molecule has 0 aromatic heterocycles. The van der Waals surface area contributed by atoms with Gasteiger partial charge in [-0.2, -0.15) is 0 Å². The molecule has 0 aliphatic heterocycles. The Morgan fingerprint density at radius 2 is 1.80 bits per heavy atom. The quantitative estimate of drug-likeness (QED) is 0.868. The number of nitrogens with one attached hydrogen (secondary N) is 1. The summed E-state index contributed by atoms with van der Waals surface area (Å²) in [6.45, 7) is 2.64. The van der Waals surface area contributed by atoms with Crippen molar-refractivity contribution in [1.82, 2.24) is 5.32 Å². The predicted octanol–water partition coefficient (Wildman–Crippen LogP) is 2.62. The van der Waals surface area contributed by atoms with Gasteiger partial charge >= 0.3 is 5.97 Å². The van der Waals surface area contributed by atoms with Gasteiger partial charge in [-0.3, -0.25) is 4.79 Å². The SMILES string of the molecule is CC1(C(=O)NCCc2ccc(C(=O)O)cc2)CCCC1. The summed E-state index contributed by atoms with van der Waals surface area (Å²) in [7, 11) is 0. The van der Waals surface area contributed by atoms with E-state index in [1.54, 1.807) is 24.3 Å². The Morgan fingerprint density at radius 3 is 2.35 bits per heavy atom. The molecule has 1 saturated carbocycles. The summed E-state index contributed by atoms with van der Waals surface area (Å²) in [5.74, 6) is -0.767. The fraction of sp³-hybridized carbons (Fsp3) is 0.500. The Hall–Kier alpha value is -1.84. The fourth-order valence-corrected chi connectivity index (χ4v) is 2.73. The molecule has 4 nitrogen and oxygen atoms in total. The first-order valence-corrected chi connectivity index (χ1v) is 7.12. The summed E-state index contributed by atoms with van der Waals surface area (Å²) in [5, 5.41) is 11.8. The first-order valence-electron chi connectivity index (χ1n) is 7.12. The Kier molecular flexibility index (Phi) is 4.42. The van der Waals surface area contributed by atoms with Gasteiger partial charge in [0.2, 0.25) is 5.91 Å². The number of aromatic carboxylic acids is 1. The largest absolute Gasteiger partial charge is 0.478 e. The van der Waals surface area contributed by atoms with Crippen LogP contribution in [0, 0.1) is 5.41 Å². The zero-order chi connectivity index (χ0) is 14.6. The van der Waals surface area contributed by atoms with Gasteiger partial charge in [-0.15, -0.1) is 0 Å². The number of carbonyl (C=O) groups excluding carboxylic acids is 1. The molecule has 4 heteroatoms. The number of amides is 1. The molecule has 0 radical (unpaired) electrons. The number of rotatable bonds is 5. The fourth-order valence-electron chi connectivity index (χ4n) is 2.73. The molecule has 1 aromatic carbocycles. The van der Waals surface area contributed by atoms with Crippen LogP contribution in [0.2, 0.25) is 0 Å². The average Bonchev–Trinajstić information content (AvgIpc) is 2.87. The standard InChI is InChI=1S/C16H21NO3/c1-16(9-2-3-10-16)15(20)17-11-8-12-4-6-13(7-5-12)14(18)19/h4-7H,2-3,8-11H2,1H3,(H,17,20)(H,18,19). The van der Waals surface area contributed by atoms with Crippen molar-refractivity contribution in [3.05, 3.63) is 35.4 Å². The Balaban J connectivity index is 1.81. The highest BCUT2D eigenvalue weighted by molar-refractivity contribution is 5.87. The third-order valence-corrected chi connectivity index (χ3v) is 4.16. The molecule has 2 N–H and O–H groups in total. The van der Waals surface area contributed by atoms with E-state index in [0.717, 1.165) is 37.7 Å². The van der Waals surface area contributed by atoms with Gasteiger partial charge in [0.1, 0.15) is 0 Å². The van der Waals surface area contributed by atoms with Crippen LogP contribution in [0.3, 0.4) is 0 Å². The third-order valence-electron chi connectivity index (χ3n) is 4.16. The molecule has 0 spiro atoms. The van der Waals surface area contributed by atoms with Crippen molar-refractivity contribution in [3.63, 3.8) is 0 Å². The Bertz CT molecular complexity index is 487. The van der Waals surface area contributed by atoms with E-state index in [-0.39, 0.29) is 16.9 Å². The van der Waals surface area contributed by atoms with Gasteiger partial charge in [0.05, 0.1) is 5.56 Å². The summed E-state index contributed by atoms with van der Waals surface area (Å²) in [5.41, 5.74) is 1.14. The lowest BCUT2D eigenvalue weighted by Gasteiger charge is -2.22. The highest BCUT2D eigenvalue weighted by Gasteiger charge is 2.35. The third kappa shape index (κ3) is 3.38. The van der Waals surface area contributed by atoms with Crippen molar-refractivity contribution in [2.45, 2.75) is 39.0 Å². The molecular formula is C16H21NO3. The minimum absolute atomic E-state index is 0.150.